The maximum atomic E-state index is 13.2. The van der Waals surface area contributed by atoms with E-state index >= 15 is 0 Å². The van der Waals surface area contributed by atoms with Gasteiger partial charge in [-0.15, -0.1) is 6.58 Å². The fourth-order valence-corrected chi connectivity index (χ4v) is 5.52. The standard InChI is InChI=1S/C22H19NO2/c1-3-12-23-20(24)18-17-13-8-4-6-10-15(13)22(2,19(18)21(23)25)16-11-7-5-9-14(16)17/h3-11,17-19H,1,12H2,2H3/t17?,18-,19+,22?/m1/s1. The number of benzene rings is 2. The van der Waals surface area contributed by atoms with Crippen molar-refractivity contribution in [3.63, 3.8) is 0 Å². The summed E-state index contributed by atoms with van der Waals surface area (Å²) < 4.78 is 0. The predicted octanol–water partition coefficient (Wildman–Crippen LogP) is 3.24. The van der Waals surface area contributed by atoms with E-state index in [0.29, 0.717) is 6.54 Å². The van der Waals surface area contributed by atoms with Crippen molar-refractivity contribution < 1.29 is 9.59 Å². The molecule has 0 saturated carbocycles. The van der Waals surface area contributed by atoms with E-state index < -0.39 is 5.41 Å². The van der Waals surface area contributed by atoms with E-state index in [9.17, 15) is 9.59 Å². The number of amides is 2. The molecule has 3 aliphatic carbocycles. The van der Waals surface area contributed by atoms with Crippen molar-refractivity contribution in [1.29, 1.82) is 0 Å². The molecule has 2 atom stereocenters. The van der Waals surface area contributed by atoms with Crippen molar-refractivity contribution in [1.82, 2.24) is 4.90 Å². The lowest BCUT2D eigenvalue weighted by Crippen LogP contribution is -2.51. The van der Waals surface area contributed by atoms with E-state index in [1.54, 1.807) is 6.08 Å². The number of imide groups is 1. The topological polar surface area (TPSA) is 37.4 Å². The highest BCUT2D eigenvalue weighted by molar-refractivity contribution is 6.08. The molecule has 0 N–H and O–H groups in total. The summed E-state index contributed by atoms with van der Waals surface area (Å²) in [6.07, 6.45) is 1.64. The Balaban J connectivity index is 1.84. The summed E-state index contributed by atoms with van der Waals surface area (Å²) in [7, 11) is 0. The van der Waals surface area contributed by atoms with Gasteiger partial charge in [0.15, 0.2) is 0 Å². The van der Waals surface area contributed by atoms with Crippen LogP contribution in [0.5, 0.6) is 0 Å². The van der Waals surface area contributed by atoms with Crippen LogP contribution in [-0.2, 0) is 15.0 Å². The Morgan fingerprint density at radius 3 is 2.12 bits per heavy atom. The molecule has 2 bridgehead atoms. The van der Waals surface area contributed by atoms with E-state index in [4.69, 9.17) is 0 Å². The van der Waals surface area contributed by atoms with Crippen LogP contribution in [-0.4, -0.2) is 23.3 Å². The first kappa shape index (κ1) is 14.6. The molecule has 1 heterocycles. The largest absolute Gasteiger partial charge is 0.278 e. The van der Waals surface area contributed by atoms with Crippen molar-refractivity contribution in [2.75, 3.05) is 6.54 Å². The molecule has 1 aliphatic heterocycles. The molecule has 2 aromatic carbocycles. The lowest BCUT2D eigenvalue weighted by Gasteiger charge is -2.52. The quantitative estimate of drug-likeness (QED) is 0.626. The minimum Gasteiger partial charge on any atom is -0.278 e. The molecule has 0 unspecified atom stereocenters. The van der Waals surface area contributed by atoms with Gasteiger partial charge in [-0.25, -0.2) is 0 Å². The van der Waals surface area contributed by atoms with Gasteiger partial charge < -0.3 is 0 Å². The van der Waals surface area contributed by atoms with Crippen LogP contribution in [0.25, 0.3) is 0 Å². The van der Waals surface area contributed by atoms with Crippen molar-refractivity contribution in [2.45, 2.75) is 18.3 Å². The molecule has 124 valence electrons. The van der Waals surface area contributed by atoms with Crippen molar-refractivity contribution in [2.24, 2.45) is 11.8 Å². The number of likely N-dealkylation sites (tertiary alicyclic amines) is 1. The molecule has 1 fully saturated rings. The summed E-state index contributed by atoms with van der Waals surface area (Å²) in [4.78, 5) is 27.8. The van der Waals surface area contributed by atoms with Gasteiger partial charge in [0.25, 0.3) is 0 Å². The average molecular weight is 329 g/mol. The Labute approximate surface area is 147 Å². The van der Waals surface area contributed by atoms with E-state index in [1.165, 1.54) is 27.2 Å². The van der Waals surface area contributed by atoms with Crippen molar-refractivity contribution >= 4 is 11.8 Å². The van der Waals surface area contributed by atoms with Gasteiger partial charge in [-0.3, -0.25) is 14.5 Å². The van der Waals surface area contributed by atoms with Crippen LogP contribution < -0.4 is 0 Å². The highest BCUT2D eigenvalue weighted by Crippen LogP contribution is 2.63. The fraction of sp³-hybridized carbons (Fsp3) is 0.273. The Hall–Kier alpha value is -2.68. The maximum Gasteiger partial charge on any atom is 0.234 e. The summed E-state index contributed by atoms with van der Waals surface area (Å²) in [6.45, 7) is 6.15. The van der Waals surface area contributed by atoms with Gasteiger partial charge in [-0.05, 0) is 22.3 Å². The number of nitrogens with zero attached hydrogens (tertiary/aromatic N) is 1. The molecular formula is C22H19NO2. The monoisotopic (exact) mass is 329 g/mol. The number of carbonyl (C=O) groups is 2. The van der Waals surface area contributed by atoms with Crippen LogP contribution in [0.2, 0.25) is 0 Å². The summed E-state index contributed by atoms with van der Waals surface area (Å²) in [5.74, 6) is -0.760. The van der Waals surface area contributed by atoms with E-state index in [1.807, 2.05) is 24.3 Å². The molecule has 0 radical (unpaired) electrons. The molecule has 2 aromatic rings. The number of carbonyl (C=O) groups excluding carboxylic acids is 2. The minimum atomic E-state index is -0.463. The zero-order valence-electron chi connectivity index (χ0n) is 14.1. The third-order valence-electron chi connectivity index (χ3n) is 6.45. The Kier molecular flexibility index (Phi) is 2.75. The normalized spacial score (nSPS) is 31.6. The molecule has 2 amide bonds. The zero-order chi connectivity index (χ0) is 17.3. The number of hydrogen-bond acceptors (Lipinski definition) is 2. The van der Waals surface area contributed by atoms with E-state index in [0.717, 1.165) is 0 Å². The smallest absolute Gasteiger partial charge is 0.234 e. The minimum absolute atomic E-state index is 0.0366. The van der Waals surface area contributed by atoms with Crippen LogP contribution in [0.3, 0.4) is 0 Å². The highest BCUT2D eigenvalue weighted by atomic mass is 16.2. The van der Waals surface area contributed by atoms with E-state index in [-0.39, 0.29) is 29.6 Å². The van der Waals surface area contributed by atoms with Gasteiger partial charge in [0.2, 0.25) is 11.8 Å². The first-order valence-corrected chi connectivity index (χ1v) is 8.75. The highest BCUT2D eigenvalue weighted by Gasteiger charge is 2.66. The first-order chi connectivity index (χ1) is 12.1. The van der Waals surface area contributed by atoms with Gasteiger partial charge >= 0.3 is 0 Å². The SMILES string of the molecule is C=CCN1C(=O)[C@@H]2C3c4ccccc4C(C)(c4ccccc43)[C@@H]2C1=O. The molecule has 0 aromatic heterocycles. The lowest BCUT2D eigenvalue weighted by atomic mass is 9.48. The summed E-state index contributed by atoms with van der Waals surface area (Å²) in [6, 6.07) is 16.6. The van der Waals surface area contributed by atoms with Gasteiger partial charge in [-0.1, -0.05) is 61.5 Å². The predicted molar refractivity (Wildman–Crippen MR) is 95.1 cm³/mol. The molecule has 6 rings (SSSR count). The molecule has 1 saturated heterocycles. The molecule has 3 heteroatoms. The first-order valence-electron chi connectivity index (χ1n) is 8.75. The van der Waals surface area contributed by atoms with Gasteiger partial charge in [0.1, 0.15) is 0 Å². The number of hydrogen-bond donors (Lipinski definition) is 0. The number of rotatable bonds is 2. The second-order valence-corrected chi connectivity index (χ2v) is 7.43. The Morgan fingerprint density at radius 1 is 1.00 bits per heavy atom. The fourth-order valence-electron chi connectivity index (χ4n) is 5.52. The molecule has 3 nitrogen and oxygen atoms in total. The van der Waals surface area contributed by atoms with Gasteiger partial charge in [0.05, 0.1) is 11.8 Å². The van der Waals surface area contributed by atoms with Gasteiger partial charge in [-0.2, -0.15) is 0 Å². The maximum absolute atomic E-state index is 13.2. The summed E-state index contributed by atoms with van der Waals surface area (Å²) in [5, 5.41) is 0. The Bertz CT molecular complexity index is 897. The Morgan fingerprint density at radius 2 is 1.56 bits per heavy atom. The molecular weight excluding hydrogens is 310 g/mol. The average Bonchev–Trinajstić information content (AvgIpc) is 2.89. The van der Waals surface area contributed by atoms with E-state index in [2.05, 4.69) is 37.8 Å². The van der Waals surface area contributed by atoms with Crippen LogP contribution in [0.1, 0.15) is 35.1 Å². The second-order valence-electron chi connectivity index (χ2n) is 7.43. The van der Waals surface area contributed by atoms with Crippen LogP contribution >= 0.6 is 0 Å². The summed E-state index contributed by atoms with van der Waals surface area (Å²) >= 11 is 0. The lowest BCUT2D eigenvalue weighted by molar-refractivity contribution is -0.139. The van der Waals surface area contributed by atoms with Crippen LogP contribution in [0.15, 0.2) is 61.2 Å². The summed E-state index contributed by atoms with van der Waals surface area (Å²) in [5.41, 5.74) is 4.33. The van der Waals surface area contributed by atoms with Crippen LogP contribution in [0, 0.1) is 11.8 Å². The van der Waals surface area contributed by atoms with Gasteiger partial charge in [0, 0.05) is 17.9 Å². The molecule has 4 aliphatic rings. The second kappa shape index (κ2) is 4.69. The zero-order valence-corrected chi connectivity index (χ0v) is 14.1. The van der Waals surface area contributed by atoms with Crippen LogP contribution in [0.4, 0.5) is 0 Å². The van der Waals surface area contributed by atoms with Crippen molar-refractivity contribution in [3.8, 4) is 0 Å². The van der Waals surface area contributed by atoms with Crippen molar-refractivity contribution in [3.05, 3.63) is 83.4 Å². The third-order valence-corrected chi connectivity index (χ3v) is 6.45. The molecule has 0 spiro atoms. The molecule has 25 heavy (non-hydrogen) atoms. The third kappa shape index (κ3) is 1.52.